The molecule has 0 spiro atoms. The molecule has 4 saturated heterocycles. The number of aromatic nitrogens is 3. The van der Waals surface area contributed by atoms with Crippen molar-refractivity contribution < 1.29 is 23.4 Å². The van der Waals surface area contributed by atoms with E-state index in [9.17, 15) is 9.50 Å². The van der Waals surface area contributed by atoms with E-state index in [-0.39, 0.29) is 47.5 Å². The van der Waals surface area contributed by atoms with Gasteiger partial charge in [0.05, 0.1) is 11.6 Å². The van der Waals surface area contributed by atoms with Gasteiger partial charge in [-0.25, -0.2) is 13.8 Å². The predicted molar refractivity (Wildman–Crippen MR) is 166 cm³/mol. The smallest absolute Gasteiger partial charge is 0.319 e. The molecular formula is C34H36F2N6O3. The van der Waals surface area contributed by atoms with Crippen LogP contribution >= 0.6 is 0 Å². The zero-order valence-corrected chi connectivity index (χ0v) is 25.2. The van der Waals surface area contributed by atoms with Crippen molar-refractivity contribution in [3.63, 3.8) is 0 Å². The van der Waals surface area contributed by atoms with E-state index in [4.69, 9.17) is 19.4 Å². The molecule has 9 rings (SSSR count). The van der Waals surface area contributed by atoms with Crippen molar-refractivity contribution >= 4 is 27.5 Å². The highest BCUT2D eigenvalue weighted by Crippen LogP contribution is 2.45. The van der Waals surface area contributed by atoms with Gasteiger partial charge in [0, 0.05) is 37.2 Å². The molecular weight excluding hydrogens is 578 g/mol. The maximum atomic E-state index is 17.0. The normalized spacial score (nSPS) is 28.7. The maximum Gasteiger partial charge on any atom is 0.319 e. The van der Waals surface area contributed by atoms with Crippen LogP contribution in [0.4, 0.5) is 14.6 Å². The predicted octanol–water partition coefficient (Wildman–Crippen LogP) is 4.91. The third kappa shape index (κ3) is 4.19. The number of aryl methyl sites for hydroxylation is 1. The van der Waals surface area contributed by atoms with Gasteiger partial charge in [-0.3, -0.25) is 4.90 Å². The van der Waals surface area contributed by atoms with Crippen LogP contribution in [0.2, 0.25) is 0 Å². The largest absolute Gasteiger partial charge is 0.508 e. The standard InChI is InChI=1S/C34H36F2N6O3/c1-2-18-5-3-6-19-11-22(43)12-23(26(18)19)29-28(36)30-27-31(42-15-21-7-8-24(37-21)25(42)16-44-32(27)38-29)40-33(39-30)45-17-34-9-4-10-41(34)14-20(35)13-34/h3,5-6,11-12,20-21,24-25,37,43H,2,4,7-10,13-17H2,1H3/t20-,21-,24+,25-,34?/m0/s1. The first-order valence-corrected chi connectivity index (χ1v) is 16.2. The molecule has 0 radical (unpaired) electrons. The fraction of sp³-hybridized carbons (Fsp3) is 0.500. The maximum absolute atomic E-state index is 17.0. The van der Waals surface area contributed by atoms with Gasteiger partial charge in [-0.15, -0.1) is 0 Å². The summed E-state index contributed by atoms with van der Waals surface area (Å²) in [6.45, 7) is 4.63. The number of rotatable bonds is 5. The Balaban J connectivity index is 1.24. The van der Waals surface area contributed by atoms with Gasteiger partial charge in [0.2, 0.25) is 5.88 Å². The minimum Gasteiger partial charge on any atom is -0.508 e. The molecule has 0 aliphatic carbocycles. The van der Waals surface area contributed by atoms with E-state index in [1.807, 2.05) is 25.1 Å². The van der Waals surface area contributed by atoms with Crippen molar-refractivity contribution in [1.82, 2.24) is 25.2 Å². The molecule has 7 heterocycles. The SMILES string of the molecule is CCc1cccc2cc(O)cc(-c3nc4c5c(nc(OCC67CCCN6C[C@@H](F)C7)nc5c3F)N3C[C@@H]5CC[C@@H](N5)[C@@H]3CO4)c12. The second kappa shape index (κ2) is 10.1. The fourth-order valence-electron chi connectivity index (χ4n) is 8.78. The summed E-state index contributed by atoms with van der Waals surface area (Å²) >= 11 is 0. The van der Waals surface area contributed by atoms with E-state index in [1.54, 1.807) is 12.1 Å². The Morgan fingerprint density at radius 1 is 1.16 bits per heavy atom. The Kier molecular flexibility index (Phi) is 6.16. The van der Waals surface area contributed by atoms with Crippen LogP contribution in [0.5, 0.6) is 17.6 Å². The van der Waals surface area contributed by atoms with Gasteiger partial charge in [0.25, 0.3) is 0 Å². The number of phenols is 1. The van der Waals surface area contributed by atoms with Crippen LogP contribution in [0.25, 0.3) is 32.9 Å². The zero-order chi connectivity index (χ0) is 30.4. The first-order chi connectivity index (χ1) is 21.9. The number of anilines is 1. The molecule has 5 atom stereocenters. The van der Waals surface area contributed by atoms with E-state index < -0.39 is 17.5 Å². The number of piperazine rings is 1. The molecule has 5 aliphatic heterocycles. The molecule has 234 valence electrons. The number of aromatic hydroxyl groups is 1. The summed E-state index contributed by atoms with van der Waals surface area (Å²) in [5, 5.41) is 16.5. The summed E-state index contributed by atoms with van der Waals surface area (Å²) < 4.78 is 44.3. The third-order valence-corrected chi connectivity index (χ3v) is 10.8. The summed E-state index contributed by atoms with van der Waals surface area (Å²) in [4.78, 5) is 18.8. The Bertz CT molecular complexity index is 1860. The van der Waals surface area contributed by atoms with Gasteiger partial charge < -0.3 is 24.8 Å². The number of fused-ring (bicyclic) bond motifs is 7. The molecule has 2 aromatic heterocycles. The minimum absolute atomic E-state index is 0.0187. The molecule has 2 bridgehead atoms. The number of hydrogen-bond acceptors (Lipinski definition) is 9. The van der Waals surface area contributed by atoms with Gasteiger partial charge in [0.1, 0.15) is 47.5 Å². The minimum atomic E-state index is -0.885. The first-order valence-electron chi connectivity index (χ1n) is 16.2. The zero-order valence-electron chi connectivity index (χ0n) is 25.2. The number of hydrogen-bond donors (Lipinski definition) is 2. The number of pyridine rings is 1. The lowest BCUT2D eigenvalue weighted by molar-refractivity contribution is 0.107. The highest BCUT2D eigenvalue weighted by Gasteiger charge is 2.50. The lowest BCUT2D eigenvalue weighted by Crippen LogP contribution is -2.60. The van der Waals surface area contributed by atoms with Crippen LogP contribution in [0.15, 0.2) is 30.3 Å². The van der Waals surface area contributed by atoms with Gasteiger partial charge in [-0.1, -0.05) is 25.1 Å². The summed E-state index contributed by atoms with van der Waals surface area (Å²) in [5.41, 5.74) is 1.24. The van der Waals surface area contributed by atoms with E-state index in [1.165, 1.54) is 0 Å². The lowest BCUT2D eigenvalue weighted by Gasteiger charge is -2.40. The van der Waals surface area contributed by atoms with Crippen LogP contribution in [0, 0.1) is 5.82 Å². The van der Waals surface area contributed by atoms with Crippen LogP contribution in [0.3, 0.4) is 0 Å². The molecule has 0 saturated carbocycles. The Morgan fingerprint density at radius 2 is 2.07 bits per heavy atom. The number of phenolic OH excluding ortho intramolecular Hbond substituents is 1. The first kappa shape index (κ1) is 27.5. The molecule has 2 N–H and O–H groups in total. The topological polar surface area (TPSA) is 95.9 Å². The van der Waals surface area contributed by atoms with Crippen LogP contribution < -0.4 is 19.7 Å². The molecule has 9 nitrogen and oxygen atoms in total. The Hall–Kier alpha value is -3.83. The van der Waals surface area contributed by atoms with E-state index in [0.29, 0.717) is 48.9 Å². The van der Waals surface area contributed by atoms with Gasteiger partial charge in [-0.05, 0) is 67.1 Å². The van der Waals surface area contributed by atoms with Crippen molar-refractivity contribution in [2.45, 2.75) is 75.3 Å². The number of ether oxygens (including phenoxy) is 2. The quantitative estimate of drug-likeness (QED) is 0.325. The van der Waals surface area contributed by atoms with Gasteiger partial charge in [0.15, 0.2) is 5.82 Å². The molecule has 1 unspecified atom stereocenters. The fourth-order valence-corrected chi connectivity index (χ4v) is 8.78. The van der Waals surface area contributed by atoms with Gasteiger partial charge in [-0.2, -0.15) is 9.97 Å². The van der Waals surface area contributed by atoms with Crippen molar-refractivity contribution in [1.29, 1.82) is 0 Å². The molecule has 2 aromatic carbocycles. The summed E-state index contributed by atoms with van der Waals surface area (Å²) in [7, 11) is 0. The number of benzene rings is 2. The van der Waals surface area contributed by atoms with Crippen LogP contribution in [-0.2, 0) is 6.42 Å². The van der Waals surface area contributed by atoms with Crippen molar-refractivity contribution in [3.05, 3.63) is 41.7 Å². The Morgan fingerprint density at radius 3 is 2.96 bits per heavy atom. The summed E-state index contributed by atoms with van der Waals surface area (Å²) in [5.74, 6) is 0.240. The number of nitrogens with zero attached hydrogens (tertiary/aromatic N) is 5. The van der Waals surface area contributed by atoms with E-state index >= 15 is 4.39 Å². The third-order valence-electron chi connectivity index (χ3n) is 10.8. The average molecular weight is 615 g/mol. The van der Waals surface area contributed by atoms with Crippen molar-refractivity contribution in [2.75, 3.05) is 37.7 Å². The molecule has 45 heavy (non-hydrogen) atoms. The van der Waals surface area contributed by atoms with E-state index in [0.717, 1.165) is 55.0 Å². The van der Waals surface area contributed by atoms with Crippen molar-refractivity contribution in [2.24, 2.45) is 0 Å². The lowest BCUT2D eigenvalue weighted by atomic mass is 9.95. The number of nitrogens with one attached hydrogen (secondary N) is 1. The second-order valence-corrected chi connectivity index (χ2v) is 13.4. The number of alkyl halides is 1. The van der Waals surface area contributed by atoms with Gasteiger partial charge >= 0.3 is 6.01 Å². The van der Waals surface area contributed by atoms with Crippen LogP contribution in [-0.4, -0.2) is 87.6 Å². The average Bonchev–Trinajstić information content (AvgIpc) is 3.67. The highest BCUT2D eigenvalue weighted by molar-refractivity contribution is 6.03. The number of halogens is 2. The van der Waals surface area contributed by atoms with Crippen molar-refractivity contribution in [3.8, 4) is 28.9 Å². The Labute approximate surface area is 259 Å². The second-order valence-electron chi connectivity index (χ2n) is 13.4. The molecule has 4 fully saturated rings. The molecule has 11 heteroatoms. The summed E-state index contributed by atoms with van der Waals surface area (Å²) in [6, 6.07) is 9.68. The van der Waals surface area contributed by atoms with Crippen LogP contribution in [0.1, 0.15) is 44.6 Å². The molecule has 5 aliphatic rings. The molecule has 4 aromatic rings. The van der Waals surface area contributed by atoms with E-state index in [2.05, 4.69) is 20.1 Å². The monoisotopic (exact) mass is 614 g/mol. The molecule has 0 amide bonds. The highest BCUT2D eigenvalue weighted by atomic mass is 19.1. The summed E-state index contributed by atoms with van der Waals surface area (Å²) in [6.07, 6.45) is 4.18.